The molecule has 0 radical (unpaired) electrons. The number of fused-ring (bicyclic) bond motifs is 1. The maximum Gasteiger partial charge on any atom is 0.181 e. The topological polar surface area (TPSA) is 49.5 Å². The zero-order chi connectivity index (χ0) is 11.4. The number of hydrogen-bond donors (Lipinski definition) is 1. The van der Waals surface area contributed by atoms with Gasteiger partial charge in [0.1, 0.15) is 5.52 Å². The minimum Gasteiger partial charge on any atom is -0.443 e. The molecular weight excluding hydrogens is 204 g/mol. The second kappa shape index (κ2) is 5.09. The molecule has 86 valence electrons. The van der Waals surface area contributed by atoms with Gasteiger partial charge in [0.15, 0.2) is 12.0 Å². The van der Waals surface area contributed by atoms with E-state index < -0.39 is 0 Å². The molecule has 4 nitrogen and oxygen atoms in total. The van der Waals surface area contributed by atoms with E-state index in [4.69, 9.17) is 9.52 Å². The second-order valence-corrected chi connectivity index (χ2v) is 3.97. The van der Waals surface area contributed by atoms with E-state index in [1.54, 1.807) is 0 Å². The summed E-state index contributed by atoms with van der Waals surface area (Å²) < 4.78 is 5.25. The Morgan fingerprint density at radius 2 is 2.31 bits per heavy atom. The number of aliphatic hydroxyl groups is 1. The predicted molar refractivity (Wildman–Crippen MR) is 62.0 cm³/mol. The molecule has 16 heavy (non-hydrogen) atoms. The molecule has 0 amide bonds. The highest BCUT2D eigenvalue weighted by molar-refractivity contribution is 5.72. The Morgan fingerprint density at radius 3 is 3.12 bits per heavy atom. The van der Waals surface area contributed by atoms with Gasteiger partial charge in [-0.25, -0.2) is 4.98 Å². The summed E-state index contributed by atoms with van der Waals surface area (Å²) in [4.78, 5) is 6.25. The van der Waals surface area contributed by atoms with Crippen molar-refractivity contribution in [2.24, 2.45) is 0 Å². The number of aromatic nitrogens is 1. The normalized spacial score (nSPS) is 11.4. The van der Waals surface area contributed by atoms with E-state index in [1.165, 1.54) is 12.0 Å². The number of oxazole rings is 1. The summed E-state index contributed by atoms with van der Waals surface area (Å²) in [6.45, 7) is 1.99. The van der Waals surface area contributed by atoms with Crippen LogP contribution < -0.4 is 0 Å². The molecule has 0 bridgehead atoms. The molecule has 1 aromatic heterocycles. The van der Waals surface area contributed by atoms with Crippen molar-refractivity contribution in [2.45, 2.75) is 13.0 Å². The molecule has 0 unspecified atom stereocenters. The Labute approximate surface area is 94.5 Å². The minimum atomic E-state index is 0.242. The Bertz CT molecular complexity index is 453. The van der Waals surface area contributed by atoms with Gasteiger partial charge in [-0.05, 0) is 31.2 Å². The third-order valence-electron chi connectivity index (χ3n) is 2.55. The lowest BCUT2D eigenvalue weighted by atomic mass is 10.2. The predicted octanol–water partition coefficient (Wildman–Crippen LogP) is 1.64. The van der Waals surface area contributed by atoms with Crippen LogP contribution in [0.1, 0.15) is 12.0 Å². The maximum atomic E-state index is 8.74. The molecule has 0 aliphatic rings. The van der Waals surface area contributed by atoms with Crippen LogP contribution in [-0.2, 0) is 6.54 Å². The van der Waals surface area contributed by atoms with Crippen molar-refractivity contribution in [3.63, 3.8) is 0 Å². The Kier molecular flexibility index (Phi) is 3.54. The zero-order valence-electron chi connectivity index (χ0n) is 9.39. The highest BCUT2D eigenvalue weighted by Crippen LogP contribution is 2.15. The molecule has 1 aromatic carbocycles. The lowest BCUT2D eigenvalue weighted by molar-refractivity contribution is 0.244. The van der Waals surface area contributed by atoms with Crippen molar-refractivity contribution in [3.8, 4) is 0 Å². The molecule has 1 N–H and O–H groups in total. The monoisotopic (exact) mass is 220 g/mol. The maximum absolute atomic E-state index is 8.74. The van der Waals surface area contributed by atoms with Gasteiger partial charge in [-0.15, -0.1) is 0 Å². The lowest BCUT2D eigenvalue weighted by Gasteiger charge is -2.15. The van der Waals surface area contributed by atoms with E-state index in [9.17, 15) is 0 Å². The molecule has 0 spiro atoms. The SMILES string of the molecule is CN(CCCO)Cc1ccc2ncoc2c1. The summed E-state index contributed by atoms with van der Waals surface area (Å²) in [7, 11) is 2.04. The first-order valence-electron chi connectivity index (χ1n) is 5.41. The van der Waals surface area contributed by atoms with E-state index in [-0.39, 0.29) is 6.61 Å². The van der Waals surface area contributed by atoms with Crippen LogP contribution in [0.2, 0.25) is 0 Å². The summed E-state index contributed by atoms with van der Waals surface area (Å²) in [5, 5.41) is 8.74. The second-order valence-electron chi connectivity index (χ2n) is 3.97. The van der Waals surface area contributed by atoms with E-state index >= 15 is 0 Å². The van der Waals surface area contributed by atoms with Crippen molar-refractivity contribution in [1.29, 1.82) is 0 Å². The lowest BCUT2D eigenvalue weighted by Crippen LogP contribution is -2.19. The fourth-order valence-electron chi connectivity index (χ4n) is 1.73. The van der Waals surface area contributed by atoms with Gasteiger partial charge in [-0.2, -0.15) is 0 Å². The fraction of sp³-hybridized carbons (Fsp3) is 0.417. The molecule has 1 heterocycles. The van der Waals surface area contributed by atoms with Gasteiger partial charge in [0.2, 0.25) is 0 Å². The molecule has 0 saturated heterocycles. The van der Waals surface area contributed by atoms with Crippen molar-refractivity contribution < 1.29 is 9.52 Å². The smallest absolute Gasteiger partial charge is 0.181 e. The molecule has 2 aromatic rings. The highest BCUT2D eigenvalue weighted by Gasteiger charge is 2.03. The van der Waals surface area contributed by atoms with Gasteiger partial charge in [0.25, 0.3) is 0 Å². The van der Waals surface area contributed by atoms with Crippen LogP contribution in [0.3, 0.4) is 0 Å². The molecule has 2 rings (SSSR count). The average molecular weight is 220 g/mol. The van der Waals surface area contributed by atoms with E-state index in [0.29, 0.717) is 0 Å². The minimum absolute atomic E-state index is 0.242. The molecule has 0 fully saturated rings. The Balaban J connectivity index is 2.03. The van der Waals surface area contributed by atoms with Gasteiger partial charge in [0.05, 0.1) is 0 Å². The molecular formula is C12H16N2O2. The van der Waals surface area contributed by atoms with Crippen molar-refractivity contribution in [3.05, 3.63) is 30.2 Å². The van der Waals surface area contributed by atoms with Crippen molar-refractivity contribution >= 4 is 11.1 Å². The van der Waals surface area contributed by atoms with E-state index in [2.05, 4.69) is 16.0 Å². The van der Waals surface area contributed by atoms with Gasteiger partial charge in [-0.3, -0.25) is 0 Å². The number of aliphatic hydroxyl groups excluding tert-OH is 1. The standard InChI is InChI=1S/C12H16N2O2/c1-14(5-2-6-15)8-10-3-4-11-12(7-10)16-9-13-11/h3-4,7,9,15H,2,5-6,8H2,1H3. The summed E-state index contributed by atoms with van der Waals surface area (Å²) in [6, 6.07) is 6.03. The van der Waals surface area contributed by atoms with Crippen LogP contribution in [0.25, 0.3) is 11.1 Å². The molecule has 0 aliphatic carbocycles. The molecule has 4 heteroatoms. The van der Waals surface area contributed by atoms with Gasteiger partial charge in [0, 0.05) is 19.7 Å². The van der Waals surface area contributed by atoms with Crippen LogP contribution in [0, 0.1) is 0 Å². The Morgan fingerprint density at radius 1 is 1.44 bits per heavy atom. The summed E-state index contributed by atoms with van der Waals surface area (Å²) in [6.07, 6.45) is 2.27. The number of benzene rings is 1. The first-order valence-corrected chi connectivity index (χ1v) is 5.41. The van der Waals surface area contributed by atoms with Crippen LogP contribution in [-0.4, -0.2) is 35.2 Å². The van der Waals surface area contributed by atoms with E-state index in [1.807, 2.05) is 19.2 Å². The fourth-order valence-corrected chi connectivity index (χ4v) is 1.73. The summed E-state index contributed by atoms with van der Waals surface area (Å²) >= 11 is 0. The van der Waals surface area contributed by atoms with Crippen molar-refractivity contribution in [2.75, 3.05) is 20.2 Å². The molecule has 0 aliphatic heterocycles. The molecule has 0 saturated carbocycles. The van der Waals surface area contributed by atoms with Crippen LogP contribution in [0.15, 0.2) is 29.0 Å². The number of nitrogens with zero attached hydrogens (tertiary/aromatic N) is 2. The number of hydrogen-bond acceptors (Lipinski definition) is 4. The van der Waals surface area contributed by atoms with Crippen molar-refractivity contribution in [1.82, 2.24) is 9.88 Å². The quantitative estimate of drug-likeness (QED) is 0.832. The first-order chi connectivity index (χ1) is 7.79. The summed E-state index contributed by atoms with van der Waals surface area (Å²) in [5.74, 6) is 0. The first kappa shape index (κ1) is 11.1. The highest BCUT2D eigenvalue weighted by atomic mass is 16.3. The van der Waals surface area contributed by atoms with Crippen LogP contribution in [0.4, 0.5) is 0 Å². The third kappa shape index (κ3) is 2.59. The molecule has 0 atom stereocenters. The largest absolute Gasteiger partial charge is 0.443 e. The van der Waals surface area contributed by atoms with Gasteiger partial charge < -0.3 is 14.4 Å². The summed E-state index contributed by atoms with van der Waals surface area (Å²) in [5.41, 5.74) is 2.92. The Hall–Kier alpha value is -1.39. The van der Waals surface area contributed by atoms with E-state index in [0.717, 1.165) is 30.6 Å². The zero-order valence-corrected chi connectivity index (χ0v) is 9.39. The van der Waals surface area contributed by atoms with Gasteiger partial charge >= 0.3 is 0 Å². The third-order valence-corrected chi connectivity index (χ3v) is 2.55. The average Bonchev–Trinajstić information content (AvgIpc) is 2.73. The van der Waals surface area contributed by atoms with Crippen LogP contribution >= 0.6 is 0 Å². The van der Waals surface area contributed by atoms with Crippen LogP contribution in [0.5, 0.6) is 0 Å². The number of rotatable bonds is 5. The van der Waals surface area contributed by atoms with Gasteiger partial charge in [-0.1, -0.05) is 6.07 Å².